The summed E-state index contributed by atoms with van der Waals surface area (Å²) in [5.74, 6) is -0.772. The minimum absolute atomic E-state index is 0.169. The number of aryl methyl sites for hydroxylation is 2. The van der Waals surface area contributed by atoms with E-state index < -0.39 is 17.2 Å². The summed E-state index contributed by atoms with van der Waals surface area (Å²) in [6.45, 7) is 1.84. The molecular weight excluding hydrogens is 296 g/mol. The number of carbonyl (C=O) groups is 1. The third-order valence-electron chi connectivity index (χ3n) is 2.96. The van der Waals surface area contributed by atoms with E-state index in [1.807, 2.05) is 6.92 Å². The summed E-state index contributed by atoms with van der Waals surface area (Å²) in [5.41, 5.74) is -0.783. The van der Waals surface area contributed by atoms with Crippen molar-refractivity contribution in [2.45, 2.75) is 18.4 Å². The molecule has 0 bridgehead atoms. The Morgan fingerprint density at radius 2 is 1.90 bits per heavy atom. The SMILES string of the molecule is CCc1nc(SCC(=O)O)c2c(=O)n(C)c(=O)n(C)c2n1. The van der Waals surface area contributed by atoms with E-state index in [9.17, 15) is 14.4 Å². The van der Waals surface area contributed by atoms with E-state index in [1.54, 1.807) is 0 Å². The molecule has 2 aromatic rings. The maximum atomic E-state index is 12.3. The van der Waals surface area contributed by atoms with Crippen LogP contribution >= 0.6 is 11.8 Å². The van der Waals surface area contributed by atoms with E-state index in [0.717, 1.165) is 16.3 Å². The van der Waals surface area contributed by atoms with Crippen LogP contribution in [0.15, 0.2) is 14.6 Å². The molecule has 2 aromatic heterocycles. The van der Waals surface area contributed by atoms with Gasteiger partial charge >= 0.3 is 11.7 Å². The first-order valence-corrected chi connectivity index (χ1v) is 7.16. The Hall–Kier alpha value is -2.16. The van der Waals surface area contributed by atoms with E-state index in [0.29, 0.717) is 12.2 Å². The third-order valence-corrected chi connectivity index (χ3v) is 3.92. The fourth-order valence-corrected chi connectivity index (χ4v) is 2.62. The van der Waals surface area contributed by atoms with Crippen molar-refractivity contribution in [1.82, 2.24) is 19.1 Å². The van der Waals surface area contributed by atoms with Crippen LogP contribution in [0, 0.1) is 0 Å². The summed E-state index contributed by atoms with van der Waals surface area (Å²) in [6, 6.07) is 0. The number of carboxylic acids is 1. The fourth-order valence-electron chi connectivity index (χ4n) is 1.86. The Bertz CT molecular complexity index is 840. The average molecular weight is 310 g/mol. The third kappa shape index (κ3) is 2.68. The Kier molecular flexibility index (Phi) is 4.12. The van der Waals surface area contributed by atoms with Crippen molar-refractivity contribution in [3.05, 3.63) is 26.7 Å². The largest absolute Gasteiger partial charge is 0.481 e. The number of carboxylic acid groups (broad SMARTS) is 1. The van der Waals surface area contributed by atoms with Crippen LogP contribution in [0.3, 0.4) is 0 Å². The number of hydrogen-bond donors (Lipinski definition) is 1. The summed E-state index contributed by atoms with van der Waals surface area (Å²) in [7, 11) is 2.88. The fraction of sp³-hybridized carbons (Fsp3) is 0.417. The van der Waals surface area contributed by atoms with Crippen molar-refractivity contribution < 1.29 is 9.90 Å². The smallest absolute Gasteiger partial charge is 0.332 e. The molecule has 2 heterocycles. The zero-order chi connectivity index (χ0) is 15.7. The van der Waals surface area contributed by atoms with Gasteiger partial charge in [0.15, 0.2) is 5.65 Å². The second kappa shape index (κ2) is 5.68. The molecule has 0 aliphatic rings. The Balaban J connectivity index is 2.86. The highest BCUT2D eigenvalue weighted by molar-refractivity contribution is 8.00. The number of rotatable bonds is 4. The molecule has 0 saturated carbocycles. The topological polar surface area (TPSA) is 107 Å². The van der Waals surface area contributed by atoms with Crippen molar-refractivity contribution in [2.75, 3.05) is 5.75 Å². The van der Waals surface area contributed by atoms with Gasteiger partial charge in [-0.25, -0.2) is 14.8 Å². The molecule has 2 rings (SSSR count). The summed E-state index contributed by atoms with van der Waals surface area (Å²) in [6.07, 6.45) is 0.514. The van der Waals surface area contributed by atoms with E-state index in [1.165, 1.54) is 18.7 Å². The van der Waals surface area contributed by atoms with Crippen LogP contribution in [0.25, 0.3) is 11.0 Å². The molecule has 0 aromatic carbocycles. The van der Waals surface area contributed by atoms with Crippen molar-refractivity contribution >= 4 is 28.8 Å². The standard InChI is InChI=1S/C12H14N4O4S/c1-4-6-13-9-8(10(14-6)21-5-7(17)18)11(19)16(3)12(20)15(9)2/h4-5H2,1-3H3,(H,17,18). The van der Waals surface area contributed by atoms with Crippen molar-refractivity contribution in [3.63, 3.8) is 0 Å². The van der Waals surface area contributed by atoms with Crippen LogP contribution in [0.2, 0.25) is 0 Å². The van der Waals surface area contributed by atoms with Crippen molar-refractivity contribution in [2.24, 2.45) is 14.1 Å². The van der Waals surface area contributed by atoms with E-state index in [4.69, 9.17) is 5.11 Å². The van der Waals surface area contributed by atoms with Crippen LogP contribution in [-0.4, -0.2) is 35.9 Å². The van der Waals surface area contributed by atoms with Crippen LogP contribution in [0.5, 0.6) is 0 Å². The molecule has 8 nitrogen and oxygen atoms in total. The van der Waals surface area contributed by atoms with Gasteiger partial charge in [0.05, 0.1) is 5.75 Å². The van der Waals surface area contributed by atoms with Gasteiger partial charge in [-0.3, -0.25) is 18.7 Å². The van der Waals surface area contributed by atoms with Gasteiger partial charge in [0.25, 0.3) is 5.56 Å². The van der Waals surface area contributed by atoms with Gasteiger partial charge in [0.1, 0.15) is 16.2 Å². The lowest BCUT2D eigenvalue weighted by molar-refractivity contribution is -0.133. The van der Waals surface area contributed by atoms with Gasteiger partial charge in [-0.05, 0) is 0 Å². The number of aromatic nitrogens is 4. The molecule has 0 fully saturated rings. The summed E-state index contributed by atoms with van der Waals surface area (Å²) in [4.78, 5) is 43.4. The normalized spacial score (nSPS) is 11.0. The van der Waals surface area contributed by atoms with Gasteiger partial charge in [0.2, 0.25) is 0 Å². The molecule has 0 atom stereocenters. The molecule has 0 radical (unpaired) electrons. The van der Waals surface area contributed by atoms with Crippen LogP contribution in [-0.2, 0) is 25.3 Å². The minimum Gasteiger partial charge on any atom is -0.481 e. The van der Waals surface area contributed by atoms with Gasteiger partial charge in [0, 0.05) is 20.5 Å². The molecule has 1 N–H and O–H groups in total. The summed E-state index contributed by atoms with van der Waals surface area (Å²) >= 11 is 0.946. The maximum Gasteiger partial charge on any atom is 0.332 e. The quantitative estimate of drug-likeness (QED) is 0.613. The lowest BCUT2D eigenvalue weighted by Crippen LogP contribution is -2.37. The van der Waals surface area contributed by atoms with E-state index in [2.05, 4.69) is 9.97 Å². The Labute approximate surface area is 123 Å². The van der Waals surface area contributed by atoms with Crippen LogP contribution in [0.1, 0.15) is 12.7 Å². The second-order valence-corrected chi connectivity index (χ2v) is 5.35. The molecule has 0 spiro atoms. The number of aliphatic carboxylic acids is 1. The van der Waals surface area contributed by atoms with E-state index in [-0.39, 0.29) is 21.8 Å². The van der Waals surface area contributed by atoms with Gasteiger partial charge in [-0.2, -0.15) is 0 Å². The van der Waals surface area contributed by atoms with Gasteiger partial charge in [-0.1, -0.05) is 18.7 Å². The van der Waals surface area contributed by atoms with Crippen LogP contribution in [0.4, 0.5) is 0 Å². The summed E-state index contributed by atoms with van der Waals surface area (Å²) in [5, 5.41) is 9.25. The molecule has 0 amide bonds. The molecule has 21 heavy (non-hydrogen) atoms. The first-order valence-electron chi connectivity index (χ1n) is 6.18. The molecule has 9 heteroatoms. The highest BCUT2D eigenvalue weighted by Gasteiger charge is 2.17. The number of thioether (sulfide) groups is 1. The van der Waals surface area contributed by atoms with Gasteiger partial charge < -0.3 is 5.11 Å². The molecule has 0 aliphatic carbocycles. The molecular formula is C12H14N4O4S. The highest BCUT2D eigenvalue weighted by Crippen LogP contribution is 2.22. The lowest BCUT2D eigenvalue weighted by atomic mass is 10.3. The highest BCUT2D eigenvalue weighted by atomic mass is 32.2. The van der Waals surface area contributed by atoms with Crippen molar-refractivity contribution in [1.29, 1.82) is 0 Å². The summed E-state index contributed by atoms with van der Waals surface area (Å²) < 4.78 is 2.23. The molecule has 0 unspecified atom stereocenters. The maximum absolute atomic E-state index is 12.3. The average Bonchev–Trinajstić information content (AvgIpc) is 2.47. The monoisotopic (exact) mass is 310 g/mol. The number of nitrogens with zero attached hydrogens (tertiary/aromatic N) is 4. The van der Waals surface area contributed by atoms with Crippen LogP contribution < -0.4 is 11.2 Å². The molecule has 0 aliphatic heterocycles. The zero-order valence-corrected chi connectivity index (χ0v) is 12.6. The first kappa shape index (κ1) is 15.2. The first-order chi connectivity index (χ1) is 9.86. The lowest BCUT2D eigenvalue weighted by Gasteiger charge is -2.10. The van der Waals surface area contributed by atoms with Gasteiger partial charge in [-0.15, -0.1) is 0 Å². The zero-order valence-electron chi connectivity index (χ0n) is 11.8. The molecule has 112 valence electrons. The Morgan fingerprint density at radius 3 is 2.48 bits per heavy atom. The van der Waals surface area contributed by atoms with E-state index >= 15 is 0 Å². The minimum atomic E-state index is -1.01. The predicted octanol–water partition coefficient (Wildman–Crippen LogP) is -0.234. The molecule has 0 saturated heterocycles. The number of hydrogen-bond acceptors (Lipinski definition) is 6. The Morgan fingerprint density at radius 1 is 1.24 bits per heavy atom. The second-order valence-electron chi connectivity index (χ2n) is 4.39. The predicted molar refractivity (Wildman–Crippen MR) is 77.8 cm³/mol. The van der Waals surface area contributed by atoms with Crippen molar-refractivity contribution in [3.8, 4) is 0 Å². The number of fused-ring (bicyclic) bond motifs is 1.